The van der Waals surface area contributed by atoms with E-state index in [1.165, 1.54) is 11.3 Å². The van der Waals surface area contributed by atoms with Crippen molar-refractivity contribution in [3.63, 3.8) is 0 Å². The maximum Gasteiger partial charge on any atom is 0.271 e. The average molecular weight is 333 g/mol. The summed E-state index contributed by atoms with van der Waals surface area (Å²) in [6.45, 7) is 0. The normalized spacial score (nSPS) is 16.9. The van der Waals surface area contributed by atoms with Gasteiger partial charge < -0.3 is 11.1 Å². The Kier molecular flexibility index (Phi) is 4.16. The minimum Gasteiger partial charge on any atom is -0.368 e. The Morgan fingerprint density at radius 1 is 1.35 bits per heavy atom. The van der Waals surface area contributed by atoms with Gasteiger partial charge in [0.25, 0.3) is 5.91 Å². The lowest BCUT2D eigenvalue weighted by Gasteiger charge is -2.34. The lowest BCUT2D eigenvalue weighted by Crippen LogP contribution is -2.58. The predicted octanol–water partition coefficient (Wildman–Crippen LogP) is 1.46. The van der Waals surface area contributed by atoms with Gasteiger partial charge in [-0.15, -0.1) is 11.3 Å². The molecule has 3 N–H and O–H groups in total. The van der Waals surface area contributed by atoms with E-state index in [0.29, 0.717) is 18.5 Å². The molecule has 0 saturated heterocycles. The number of rotatable bonds is 4. The quantitative estimate of drug-likeness (QED) is 0.884. The first-order valence-corrected chi connectivity index (χ1v) is 8.45. The van der Waals surface area contributed by atoms with E-state index in [1.807, 2.05) is 13.2 Å². The van der Waals surface area contributed by atoms with Gasteiger partial charge in [-0.2, -0.15) is 5.10 Å². The summed E-state index contributed by atoms with van der Waals surface area (Å²) >= 11 is 1.37. The molecule has 1 aliphatic rings. The Labute approximate surface area is 137 Å². The van der Waals surface area contributed by atoms with Crippen molar-refractivity contribution in [2.75, 3.05) is 0 Å². The third kappa shape index (κ3) is 3.12. The lowest BCUT2D eigenvalue weighted by molar-refractivity contribution is -0.125. The Morgan fingerprint density at radius 3 is 2.70 bits per heavy atom. The number of aryl methyl sites for hydroxylation is 1. The van der Waals surface area contributed by atoms with Crippen LogP contribution in [0.1, 0.15) is 42.6 Å². The van der Waals surface area contributed by atoms with Gasteiger partial charge in [0, 0.05) is 24.2 Å². The summed E-state index contributed by atoms with van der Waals surface area (Å²) in [4.78, 5) is 28.7. The van der Waals surface area contributed by atoms with Gasteiger partial charge in [0.15, 0.2) is 0 Å². The number of thiazole rings is 1. The first kappa shape index (κ1) is 15.7. The highest BCUT2D eigenvalue weighted by Gasteiger charge is 2.39. The van der Waals surface area contributed by atoms with Crippen molar-refractivity contribution in [2.45, 2.75) is 37.6 Å². The van der Waals surface area contributed by atoms with Crippen LogP contribution in [0.25, 0.3) is 10.6 Å². The van der Waals surface area contributed by atoms with Crippen LogP contribution in [0.15, 0.2) is 17.8 Å². The fourth-order valence-electron chi connectivity index (χ4n) is 2.91. The zero-order valence-corrected chi connectivity index (χ0v) is 13.7. The van der Waals surface area contributed by atoms with Gasteiger partial charge in [-0.3, -0.25) is 14.3 Å². The number of nitrogens with one attached hydrogen (secondary N) is 1. The van der Waals surface area contributed by atoms with Crippen LogP contribution in [0.5, 0.6) is 0 Å². The van der Waals surface area contributed by atoms with Gasteiger partial charge in [0.05, 0.1) is 6.20 Å². The van der Waals surface area contributed by atoms with E-state index in [1.54, 1.807) is 16.3 Å². The highest BCUT2D eigenvalue weighted by atomic mass is 32.1. The fraction of sp³-hybridized carbons (Fsp3) is 0.467. The van der Waals surface area contributed by atoms with Crippen molar-refractivity contribution in [1.82, 2.24) is 20.1 Å². The average Bonchev–Trinajstić information content (AvgIpc) is 3.16. The number of carbonyl (C=O) groups excluding carboxylic acids is 2. The van der Waals surface area contributed by atoms with Crippen molar-refractivity contribution in [3.8, 4) is 10.6 Å². The van der Waals surface area contributed by atoms with E-state index >= 15 is 0 Å². The first-order chi connectivity index (χ1) is 11.0. The largest absolute Gasteiger partial charge is 0.368 e. The second kappa shape index (κ2) is 6.11. The first-order valence-electron chi connectivity index (χ1n) is 7.57. The topological polar surface area (TPSA) is 103 Å². The number of aromatic nitrogens is 3. The molecule has 0 aliphatic heterocycles. The van der Waals surface area contributed by atoms with Crippen LogP contribution in [-0.4, -0.2) is 32.1 Å². The standard InChI is InChI=1S/C15H19N5O2S/c1-20-8-10(7-17-20)13-18-11(9-23-13)12(21)19-15(14(16)22)5-3-2-4-6-15/h7-9H,2-6H2,1H3,(H2,16,22)(H,19,21). The van der Waals surface area contributed by atoms with Crippen molar-refractivity contribution < 1.29 is 9.59 Å². The molecule has 2 amide bonds. The maximum absolute atomic E-state index is 12.5. The molecule has 0 unspecified atom stereocenters. The minimum atomic E-state index is -0.937. The monoisotopic (exact) mass is 333 g/mol. The molecule has 1 fully saturated rings. The zero-order valence-electron chi connectivity index (χ0n) is 12.9. The van der Waals surface area contributed by atoms with Crippen LogP contribution in [0.2, 0.25) is 0 Å². The van der Waals surface area contributed by atoms with Crippen LogP contribution in [0, 0.1) is 0 Å². The number of amides is 2. The molecular formula is C15H19N5O2S. The van der Waals surface area contributed by atoms with Crippen molar-refractivity contribution in [2.24, 2.45) is 12.8 Å². The van der Waals surface area contributed by atoms with Gasteiger partial charge >= 0.3 is 0 Å². The van der Waals surface area contributed by atoms with Gasteiger partial charge in [0.1, 0.15) is 16.2 Å². The highest BCUT2D eigenvalue weighted by molar-refractivity contribution is 7.13. The van der Waals surface area contributed by atoms with Crippen LogP contribution in [0.3, 0.4) is 0 Å². The molecule has 7 nitrogen and oxygen atoms in total. The molecule has 8 heteroatoms. The summed E-state index contributed by atoms with van der Waals surface area (Å²) in [5.41, 5.74) is 5.77. The summed E-state index contributed by atoms with van der Waals surface area (Å²) in [5.74, 6) is -0.814. The molecule has 3 rings (SSSR count). The van der Waals surface area contributed by atoms with Gasteiger partial charge in [-0.1, -0.05) is 19.3 Å². The smallest absolute Gasteiger partial charge is 0.271 e. The van der Waals surface area contributed by atoms with Gasteiger partial charge in [0.2, 0.25) is 5.91 Å². The molecule has 2 aromatic heterocycles. The number of nitrogens with two attached hydrogens (primary N) is 1. The Bertz CT molecular complexity index is 730. The second-order valence-corrected chi connectivity index (χ2v) is 6.76. The molecule has 2 heterocycles. The number of hydrogen-bond acceptors (Lipinski definition) is 5. The van der Waals surface area contributed by atoms with E-state index < -0.39 is 11.4 Å². The number of nitrogens with zero attached hydrogens (tertiary/aromatic N) is 3. The molecule has 0 radical (unpaired) electrons. The minimum absolute atomic E-state index is 0.306. The van der Waals surface area contributed by atoms with E-state index in [0.717, 1.165) is 29.8 Å². The molecule has 1 aliphatic carbocycles. The summed E-state index contributed by atoms with van der Waals surface area (Å²) in [6, 6.07) is 0. The molecule has 23 heavy (non-hydrogen) atoms. The van der Waals surface area contributed by atoms with Crippen molar-refractivity contribution >= 4 is 23.2 Å². The zero-order chi connectivity index (χ0) is 16.4. The maximum atomic E-state index is 12.5. The van der Waals surface area contributed by atoms with Gasteiger partial charge in [-0.25, -0.2) is 4.98 Å². The molecule has 0 bridgehead atoms. The molecule has 1 saturated carbocycles. The molecule has 0 atom stereocenters. The third-order valence-electron chi connectivity index (χ3n) is 4.22. The fourth-order valence-corrected chi connectivity index (χ4v) is 3.69. The van der Waals surface area contributed by atoms with Crippen molar-refractivity contribution in [1.29, 1.82) is 0 Å². The lowest BCUT2D eigenvalue weighted by atomic mass is 9.81. The van der Waals surface area contributed by atoms with Crippen LogP contribution < -0.4 is 11.1 Å². The van der Waals surface area contributed by atoms with Crippen LogP contribution in [0.4, 0.5) is 0 Å². The Balaban J connectivity index is 1.78. The summed E-state index contributed by atoms with van der Waals surface area (Å²) in [5, 5.41) is 9.34. The van der Waals surface area contributed by atoms with Crippen LogP contribution in [-0.2, 0) is 11.8 Å². The summed E-state index contributed by atoms with van der Waals surface area (Å²) in [7, 11) is 1.82. The molecule has 2 aromatic rings. The molecule has 122 valence electrons. The second-order valence-electron chi connectivity index (χ2n) is 5.90. The van der Waals surface area contributed by atoms with Gasteiger partial charge in [-0.05, 0) is 12.8 Å². The predicted molar refractivity (Wildman–Crippen MR) is 86.8 cm³/mol. The van der Waals surface area contributed by atoms with E-state index in [4.69, 9.17) is 5.73 Å². The van der Waals surface area contributed by atoms with E-state index in [9.17, 15) is 9.59 Å². The van der Waals surface area contributed by atoms with E-state index in [-0.39, 0.29) is 5.91 Å². The number of hydrogen-bond donors (Lipinski definition) is 2. The molecule has 0 spiro atoms. The van der Waals surface area contributed by atoms with Crippen molar-refractivity contribution in [3.05, 3.63) is 23.5 Å². The molecular weight excluding hydrogens is 314 g/mol. The molecule has 0 aromatic carbocycles. The SMILES string of the molecule is Cn1cc(-c2nc(C(=O)NC3(C(N)=O)CCCCC3)cs2)cn1. The summed E-state index contributed by atoms with van der Waals surface area (Å²) < 4.78 is 1.68. The van der Waals surface area contributed by atoms with E-state index in [2.05, 4.69) is 15.4 Å². The summed E-state index contributed by atoms with van der Waals surface area (Å²) in [6.07, 6.45) is 7.57. The number of primary amides is 1. The van der Waals surface area contributed by atoms with Crippen LogP contribution >= 0.6 is 11.3 Å². The Morgan fingerprint density at radius 2 is 2.09 bits per heavy atom. The Hall–Kier alpha value is -2.22. The highest BCUT2D eigenvalue weighted by Crippen LogP contribution is 2.29. The third-order valence-corrected chi connectivity index (χ3v) is 5.11. The number of carbonyl (C=O) groups is 2.